The summed E-state index contributed by atoms with van der Waals surface area (Å²) in [4.78, 5) is 25.0. The van der Waals surface area contributed by atoms with Crippen LogP contribution in [0.5, 0.6) is 0 Å². The standard InChI is InChI=1S/C20H19Cl2F3N2O2/c1-9(2)18(27-19(28)17-14(23)5-4-6-15(17)24)20(29)26-10(3)11-7-16(25)13(22)8-12(11)21/h4-10,18H,1-3H3,(H,26,29)(H,27,28)/t10?,18-/m0/s1. The van der Waals surface area contributed by atoms with E-state index in [1.54, 1.807) is 20.8 Å². The van der Waals surface area contributed by atoms with E-state index in [-0.39, 0.29) is 15.6 Å². The summed E-state index contributed by atoms with van der Waals surface area (Å²) >= 11 is 11.7. The SMILES string of the molecule is CC(NC(=O)[C@@H](NC(=O)c1c(F)cccc1F)C(C)C)c1cc(F)c(Cl)cc1Cl. The first-order valence-corrected chi connectivity index (χ1v) is 9.48. The number of halogens is 5. The van der Waals surface area contributed by atoms with Crippen LogP contribution in [0, 0.1) is 23.4 Å². The first kappa shape index (κ1) is 23.0. The molecule has 156 valence electrons. The van der Waals surface area contributed by atoms with Crippen molar-refractivity contribution in [3.8, 4) is 0 Å². The van der Waals surface area contributed by atoms with Gasteiger partial charge in [0.2, 0.25) is 5.91 Å². The maximum atomic E-state index is 13.8. The second-order valence-corrected chi connectivity index (χ2v) is 7.62. The van der Waals surface area contributed by atoms with Crippen LogP contribution in [-0.2, 0) is 4.79 Å². The molecule has 2 amide bonds. The lowest BCUT2D eigenvalue weighted by molar-refractivity contribution is -0.124. The third-order valence-corrected chi connectivity index (χ3v) is 4.91. The summed E-state index contributed by atoms with van der Waals surface area (Å²) in [6.07, 6.45) is 0. The molecule has 2 atom stereocenters. The van der Waals surface area contributed by atoms with Crippen LogP contribution in [0.4, 0.5) is 13.2 Å². The predicted molar refractivity (Wildman–Crippen MR) is 105 cm³/mol. The van der Waals surface area contributed by atoms with E-state index in [1.807, 2.05) is 0 Å². The van der Waals surface area contributed by atoms with Gasteiger partial charge in [0.25, 0.3) is 5.91 Å². The van der Waals surface area contributed by atoms with Crippen LogP contribution in [0.1, 0.15) is 42.7 Å². The molecule has 0 aromatic heterocycles. The molecule has 0 bridgehead atoms. The third kappa shape index (κ3) is 5.42. The lowest BCUT2D eigenvalue weighted by atomic mass is 10.0. The van der Waals surface area contributed by atoms with Gasteiger partial charge in [-0.3, -0.25) is 9.59 Å². The van der Waals surface area contributed by atoms with Gasteiger partial charge in [-0.05, 0) is 42.7 Å². The fourth-order valence-corrected chi connectivity index (χ4v) is 3.26. The first-order valence-electron chi connectivity index (χ1n) is 8.72. The minimum atomic E-state index is -1.10. The van der Waals surface area contributed by atoms with E-state index in [9.17, 15) is 22.8 Å². The quantitative estimate of drug-likeness (QED) is 0.610. The number of carbonyl (C=O) groups is 2. The summed E-state index contributed by atoms with van der Waals surface area (Å²) in [5.41, 5.74) is -0.488. The largest absolute Gasteiger partial charge is 0.348 e. The summed E-state index contributed by atoms with van der Waals surface area (Å²) in [6.45, 7) is 4.88. The lowest BCUT2D eigenvalue weighted by Crippen LogP contribution is -2.50. The van der Waals surface area contributed by atoms with Crippen LogP contribution in [-0.4, -0.2) is 17.9 Å². The van der Waals surface area contributed by atoms with Gasteiger partial charge in [0.1, 0.15) is 29.1 Å². The summed E-state index contributed by atoms with van der Waals surface area (Å²) in [6, 6.07) is 3.53. The molecule has 0 aliphatic carbocycles. The van der Waals surface area contributed by atoms with Crippen molar-refractivity contribution in [1.82, 2.24) is 10.6 Å². The van der Waals surface area contributed by atoms with Crippen molar-refractivity contribution >= 4 is 35.0 Å². The summed E-state index contributed by atoms with van der Waals surface area (Å²) in [5.74, 6) is -4.86. The van der Waals surface area contributed by atoms with Gasteiger partial charge in [0, 0.05) is 5.02 Å². The molecule has 2 N–H and O–H groups in total. The van der Waals surface area contributed by atoms with Gasteiger partial charge in [0.15, 0.2) is 0 Å². The number of amides is 2. The molecular formula is C20H19Cl2F3N2O2. The van der Waals surface area contributed by atoms with E-state index in [0.29, 0.717) is 0 Å². The van der Waals surface area contributed by atoms with Crippen LogP contribution in [0.2, 0.25) is 10.0 Å². The second kappa shape index (κ2) is 9.50. The second-order valence-electron chi connectivity index (χ2n) is 6.81. The van der Waals surface area contributed by atoms with Crippen LogP contribution >= 0.6 is 23.2 Å². The molecule has 2 rings (SSSR count). The van der Waals surface area contributed by atoms with Crippen molar-refractivity contribution in [2.24, 2.45) is 5.92 Å². The fraction of sp³-hybridized carbons (Fsp3) is 0.300. The summed E-state index contributed by atoms with van der Waals surface area (Å²) in [5, 5.41) is 4.96. The van der Waals surface area contributed by atoms with Crippen molar-refractivity contribution in [3.63, 3.8) is 0 Å². The number of benzene rings is 2. The third-order valence-electron chi connectivity index (χ3n) is 4.29. The molecule has 0 fully saturated rings. The van der Waals surface area contributed by atoms with Gasteiger partial charge in [-0.15, -0.1) is 0 Å². The van der Waals surface area contributed by atoms with Gasteiger partial charge in [-0.1, -0.05) is 43.1 Å². The van der Waals surface area contributed by atoms with Crippen LogP contribution < -0.4 is 10.6 Å². The summed E-state index contributed by atoms with van der Waals surface area (Å²) < 4.78 is 41.4. The highest BCUT2D eigenvalue weighted by Crippen LogP contribution is 2.28. The van der Waals surface area contributed by atoms with E-state index in [2.05, 4.69) is 10.6 Å². The Bertz CT molecular complexity index is 918. The van der Waals surface area contributed by atoms with Crippen LogP contribution in [0.15, 0.2) is 30.3 Å². The maximum Gasteiger partial charge on any atom is 0.257 e. The van der Waals surface area contributed by atoms with Gasteiger partial charge >= 0.3 is 0 Å². The smallest absolute Gasteiger partial charge is 0.257 e. The fourth-order valence-electron chi connectivity index (χ4n) is 2.71. The van der Waals surface area contributed by atoms with Crippen molar-refractivity contribution in [2.75, 3.05) is 0 Å². The highest BCUT2D eigenvalue weighted by molar-refractivity contribution is 6.35. The number of hydrogen-bond acceptors (Lipinski definition) is 2. The van der Waals surface area contributed by atoms with E-state index in [0.717, 1.165) is 24.3 Å². The zero-order chi connectivity index (χ0) is 21.9. The Balaban J connectivity index is 2.20. The summed E-state index contributed by atoms with van der Waals surface area (Å²) in [7, 11) is 0. The number of rotatable bonds is 6. The Morgan fingerprint density at radius 1 is 0.897 bits per heavy atom. The van der Waals surface area contributed by atoms with E-state index < -0.39 is 52.8 Å². The van der Waals surface area contributed by atoms with Crippen LogP contribution in [0.25, 0.3) is 0 Å². The highest BCUT2D eigenvalue weighted by Gasteiger charge is 2.28. The molecular weight excluding hydrogens is 428 g/mol. The Morgan fingerprint density at radius 3 is 2.03 bits per heavy atom. The average Bonchev–Trinajstić information content (AvgIpc) is 2.62. The number of hydrogen-bond donors (Lipinski definition) is 2. The Labute approximate surface area is 176 Å². The molecule has 29 heavy (non-hydrogen) atoms. The monoisotopic (exact) mass is 446 g/mol. The lowest BCUT2D eigenvalue weighted by Gasteiger charge is -2.25. The molecule has 0 spiro atoms. The average molecular weight is 447 g/mol. The molecule has 9 heteroatoms. The van der Waals surface area contributed by atoms with Crippen molar-refractivity contribution < 1.29 is 22.8 Å². The normalized spacial score (nSPS) is 13.1. The molecule has 2 aromatic rings. The molecule has 0 radical (unpaired) electrons. The minimum absolute atomic E-state index is 0.155. The molecule has 2 aromatic carbocycles. The molecule has 0 aliphatic heterocycles. The van der Waals surface area contributed by atoms with Gasteiger partial charge < -0.3 is 10.6 Å². The molecule has 4 nitrogen and oxygen atoms in total. The maximum absolute atomic E-state index is 13.8. The van der Waals surface area contributed by atoms with Crippen molar-refractivity contribution in [3.05, 3.63) is 69.0 Å². The van der Waals surface area contributed by atoms with E-state index >= 15 is 0 Å². The van der Waals surface area contributed by atoms with E-state index in [4.69, 9.17) is 23.2 Å². The molecule has 0 saturated heterocycles. The van der Waals surface area contributed by atoms with Gasteiger partial charge in [-0.25, -0.2) is 13.2 Å². The highest BCUT2D eigenvalue weighted by atomic mass is 35.5. The van der Waals surface area contributed by atoms with Gasteiger partial charge in [-0.2, -0.15) is 0 Å². The van der Waals surface area contributed by atoms with Crippen molar-refractivity contribution in [1.29, 1.82) is 0 Å². The Hall–Kier alpha value is -2.25. The molecule has 0 heterocycles. The van der Waals surface area contributed by atoms with Crippen molar-refractivity contribution in [2.45, 2.75) is 32.9 Å². The molecule has 1 unspecified atom stereocenters. The predicted octanol–water partition coefficient (Wildman–Crippen LogP) is 5.04. The first-order chi connectivity index (χ1) is 13.5. The zero-order valence-corrected chi connectivity index (χ0v) is 17.3. The number of nitrogens with one attached hydrogen (secondary N) is 2. The molecule has 0 saturated carbocycles. The Morgan fingerprint density at radius 2 is 1.48 bits per heavy atom. The van der Waals surface area contributed by atoms with Crippen LogP contribution in [0.3, 0.4) is 0 Å². The zero-order valence-electron chi connectivity index (χ0n) is 15.8. The Kier molecular flexibility index (Phi) is 7.54. The molecule has 0 aliphatic rings. The minimum Gasteiger partial charge on any atom is -0.348 e. The van der Waals surface area contributed by atoms with Gasteiger partial charge in [0.05, 0.1) is 11.1 Å². The topological polar surface area (TPSA) is 58.2 Å². The van der Waals surface area contributed by atoms with E-state index in [1.165, 1.54) is 6.07 Å². The number of carbonyl (C=O) groups excluding carboxylic acids is 2.